The highest BCUT2D eigenvalue weighted by molar-refractivity contribution is 7.15. The maximum absolute atomic E-state index is 12.5. The fourth-order valence-electron chi connectivity index (χ4n) is 3.12. The number of nitrogens with two attached hydrogens (primary N) is 1. The van der Waals surface area contributed by atoms with Gasteiger partial charge in [0.1, 0.15) is 0 Å². The molecule has 0 saturated carbocycles. The van der Waals surface area contributed by atoms with Gasteiger partial charge in [0.05, 0.1) is 5.69 Å². The summed E-state index contributed by atoms with van der Waals surface area (Å²) in [6.07, 6.45) is 1.74. The zero-order chi connectivity index (χ0) is 18.1. The Labute approximate surface area is 154 Å². The van der Waals surface area contributed by atoms with Gasteiger partial charge in [0, 0.05) is 61.6 Å². The molecule has 8 heteroatoms. The maximum Gasteiger partial charge on any atom is 0.258 e. The van der Waals surface area contributed by atoms with E-state index in [-0.39, 0.29) is 11.5 Å². The Morgan fingerprint density at radius 1 is 1.15 bits per heavy atom. The Bertz CT molecular complexity index is 987. The van der Waals surface area contributed by atoms with Crippen molar-refractivity contribution in [1.29, 1.82) is 0 Å². The lowest BCUT2D eigenvalue weighted by Gasteiger charge is -2.34. The number of carbonyl (C=O) groups is 1. The van der Waals surface area contributed by atoms with E-state index in [2.05, 4.69) is 9.88 Å². The van der Waals surface area contributed by atoms with E-state index in [4.69, 9.17) is 5.73 Å². The number of hydrogen-bond acceptors (Lipinski definition) is 6. The molecule has 0 radical (unpaired) electrons. The first-order valence-corrected chi connectivity index (χ1v) is 9.31. The molecule has 1 amide bonds. The summed E-state index contributed by atoms with van der Waals surface area (Å²) in [6, 6.07) is 8.60. The standard InChI is InChI=1S/C18H19N5O2S/c19-14-3-1-13(2-4-14)17(25)22-7-5-21(6-8-22)12-15-11-16(24)23-9-10-26-18(23)20-15/h1-4,9-11H,5-8,12,19H2. The van der Waals surface area contributed by atoms with Crippen LogP contribution in [0.1, 0.15) is 16.1 Å². The van der Waals surface area contributed by atoms with E-state index in [9.17, 15) is 9.59 Å². The van der Waals surface area contributed by atoms with Gasteiger partial charge in [-0.3, -0.25) is 18.9 Å². The number of nitrogen functional groups attached to an aromatic ring is 1. The van der Waals surface area contributed by atoms with Crippen molar-refractivity contribution in [2.75, 3.05) is 31.9 Å². The van der Waals surface area contributed by atoms with E-state index in [0.717, 1.165) is 18.8 Å². The van der Waals surface area contributed by atoms with E-state index < -0.39 is 0 Å². The van der Waals surface area contributed by atoms with Crippen LogP contribution >= 0.6 is 11.3 Å². The van der Waals surface area contributed by atoms with Crippen LogP contribution in [-0.2, 0) is 6.54 Å². The Hall–Kier alpha value is -2.71. The fourth-order valence-corrected chi connectivity index (χ4v) is 3.85. The normalized spacial score (nSPS) is 15.5. The number of amides is 1. The molecule has 3 aromatic rings. The molecule has 1 aromatic carbocycles. The van der Waals surface area contributed by atoms with Gasteiger partial charge in [-0.15, -0.1) is 11.3 Å². The average Bonchev–Trinajstić information content (AvgIpc) is 3.12. The Balaban J connectivity index is 1.39. The fraction of sp³-hybridized carbons (Fsp3) is 0.278. The van der Waals surface area contributed by atoms with E-state index in [1.165, 1.54) is 11.3 Å². The summed E-state index contributed by atoms with van der Waals surface area (Å²) >= 11 is 1.45. The van der Waals surface area contributed by atoms with Gasteiger partial charge in [0.2, 0.25) is 0 Å². The minimum absolute atomic E-state index is 0.0287. The second-order valence-corrected chi connectivity index (χ2v) is 7.20. The minimum atomic E-state index is -0.0524. The van der Waals surface area contributed by atoms with Crippen LogP contribution in [0.25, 0.3) is 4.96 Å². The first kappa shape index (κ1) is 16.7. The maximum atomic E-state index is 12.5. The summed E-state index contributed by atoms with van der Waals surface area (Å²) in [5, 5.41) is 1.86. The predicted octanol–water partition coefficient (Wildman–Crippen LogP) is 1.30. The number of rotatable bonds is 3. The first-order valence-electron chi connectivity index (χ1n) is 8.43. The summed E-state index contributed by atoms with van der Waals surface area (Å²) in [7, 11) is 0. The molecule has 0 bridgehead atoms. The van der Waals surface area contributed by atoms with Crippen LogP contribution in [0.4, 0.5) is 5.69 Å². The predicted molar refractivity (Wildman–Crippen MR) is 101 cm³/mol. The lowest BCUT2D eigenvalue weighted by Crippen LogP contribution is -2.48. The molecule has 1 fully saturated rings. The van der Waals surface area contributed by atoms with Crippen LogP contribution in [0, 0.1) is 0 Å². The van der Waals surface area contributed by atoms with Crippen LogP contribution in [0.15, 0.2) is 46.7 Å². The minimum Gasteiger partial charge on any atom is -0.399 e. The molecule has 134 valence electrons. The molecule has 4 rings (SSSR count). The Morgan fingerprint density at radius 2 is 1.88 bits per heavy atom. The molecule has 1 aliphatic rings. The van der Waals surface area contributed by atoms with Gasteiger partial charge in [-0.1, -0.05) is 0 Å². The number of fused-ring (bicyclic) bond motifs is 1. The van der Waals surface area contributed by atoms with Crippen LogP contribution in [-0.4, -0.2) is 51.3 Å². The largest absolute Gasteiger partial charge is 0.399 e. The summed E-state index contributed by atoms with van der Waals surface area (Å²) < 4.78 is 1.55. The molecule has 0 unspecified atom stereocenters. The number of anilines is 1. The molecule has 7 nitrogen and oxygen atoms in total. The molecule has 3 heterocycles. The van der Waals surface area contributed by atoms with Crippen LogP contribution in [0.3, 0.4) is 0 Å². The second-order valence-electron chi connectivity index (χ2n) is 6.33. The van der Waals surface area contributed by atoms with Gasteiger partial charge >= 0.3 is 0 Å². The summed E-state index contributed by atoms with van der Waals surface area (Å²) in [5.74, 6) is 0.0287. The van der Waals surface area contributed by atoms with Gasteiger partial charge in [-0.2, -0.15) is 0 Å². The highest BCUT2D eigenvalue weighted by Gasteiger charge is 2.22. The second kappa shape index (κ2) is 6.89. The zero-order valence-electron chi connectivity index (χ0n) is 14.2. The van der Waals surface area contributed by atoms with Crippen molar-refractivity contribution in [3.63, 3.8) is 0 Å². The van der Waals surface area contributed by atoms with Crippen molar-refractivity contribution in [2.24, 2.45) is 0 Å². The smallest absolute Gasteiger partial charge is 0.258 e. The summed E-state index contributed by atoms with van der Waals surface area (Å²) in [5.41, 5.74) is 7.70. The van der Waals surface area contributed by atoms with E-state index in [0.29, 0.717) is 35.8 Å². The van der Waals surface area contributed by atoms with Gasteiger partial charge in [0.15, 0.2) is 4.96 Å². The van der Waals surface area contributed by atoms with Crippen molar-refractivity contribution in [3.05, 3.63) is 63.5 Å². The third-order valence-electron chi connectivity index (χ3n) is 4.56. The number of piperazine rings is 1. The van der Waals surface area contributed by atoms with E-state index in [1.54, 1.807) is 40.9 Å². The zero-order valence-corrected chi connectivity index (χ0v) is 15.0. The molecule has 26 heavy (non-hydrogen) atoms. The SMILES string of the molecule is Nc1ccc(C(=O)N2CCN(Cc3cc(=O)n4ccsc4n3)CC2)cc1. The van der Waals surface area contributed by atoms with Crippen LogP contribution in [0.5, 0.6) is 0 Å². The van der Waals surface area contributed by atoms with Crippen molar-refractivity contribution >= 4 is 27.9 Å². The number of thiazole rings is 1. The van der Waals surface area contributed by atoms with Gasteiger partial charge < -0.3 is 10.6 Å². The molecule has 2 aromatic heterocycles. The Morgan fingerprint density at radius 3 is 2.62 bits per heavy atom. The monoisotopic (exact) mass is 369 g/mol. The van der Waals surface area contributed by atoms with Gasteiger partial charge in [0.25, 0.3) is 11.5 Å². The van der Waals surface area contributed by atoms with Crippen LogP contribution in [0.2, 0.25) is 0 Å². The molecular formula is C18H19N5O2S. The molecule has 0 spiro atoms. The lowest BCUT2D eigenvalue weighted by molar-refractivity contribution is 0.0627. The molecule has 1 aliphatic heterocycles. The third kappa shape index (κ3) is 3.33. The van der Waals surface area contributed by atoms with Gasteiger partial charge in [-0.25, -0.2) is 4.98 Å². The number of benzene rings is 1. The molecule has 0 atom stereocenters. The number of nitrogens with zero attached hydrogens (tertiary/aromatic N) is 4. The van der Waals surface area contributed by atoms with Crippen molar-refractivity contribution in [3.8, 4) is 0 Å². The summed E-state index contributed by atoms with van der Waals surface area (Å²) in [6.45, 7) is 3.44. The number of carbonyl (C=O) groups excluding carboxylic acids is 1. The topological polar surface area (TPSA) is 83.9 Å². The van der Waals surface area contributed by atoms with Crippen molar-refractivity contribution < 1.29 is 4.79 Å². The number of aromatic nitrogens is 2. The van der Waals surface area contributed by atoms with Crippen molar-refractivity contribution in [2.45, 2.75) is 6.54 Å². The lowest BCUT2D eigenvalue weighted by atomic mass is 10.1. The molecule has 2 N–H and O–H groups in total. The van der Waals surface area contributed by atoms with Crippen LogP contribution < -0.4 is 11.3 Å². The number of hydrogen-bond donors (Lipinski definition) is 1. The highest BCUT2D eigenvalue weighted by atomic mass is 32.1. The quantitative estimate of drug-likeness (QED) is 0.704. The van der Waals surface area contributed by atoms with Gasteiger partial charge in [-0.05, 0) is 24.3 Å². The third-order valence-corrected chi connectivity index (χ3v) is 5.32. The Kier molecular flexibility index (Phi) is 4.44. The first-order chi connectivity index (χ1) is 12.6. The van der Waals surface area contributed by atoms with Crippen molar-refractivity contribution in [1.82, 2.24) is 19.2 Å². The average molecular weight is 369 g/mol. The highest BCUT2D eigenvalue weighted by Crippen LogP contribution is 2.13. The molecule has 0 aliphatic carbocycles. The molecule has 1 saturated heterocycles. The summed E-state index contributed by atoms with van der Waals surface area (Å²) in [4.78, 5) is 34.0. The molecular weight excluding hydrogens is 350 g/mol. The van der Waals surface area contributed by atoms with E-state index in [1.807, 2.05) is 10.3 Å². The van der Waals surface area contributed by atoms with E-state index >= 15 is 0 Å².